The number of hydrogen-bond acceptors (Lipinski definition) is 3. The fraction of sp³-hybridized carbons (Fsp3) is 0.545. The first-order valence-corrected chi connectivity index (χ1v) is 6.01. The lowest BCUT2D eigenvalue weighted by atomic mass is 9.90. The second-order valence-electron chi connectivity index (χ2n) is 3.88. The summed E-state index contributed by atoms with van der Waals surface area (Å²) in [6.07, 6.45) is 3.88. The van der Waals surface area contributed by atoms with Crippen LogP contribution in [0, 0.1) is 5.92 Å². The molecule has 1 atom stereocenters. The van der Waals surface area contributed by atoms with Crippen LogP contribution in [0.5, 0.6) is 0 Å². The number of nitrogens with two attached hydrogens (primary N) is 1. The molecule has 1 fully saturated rings. The van der Waals surface area contributed by atoms with E-state index in [1.54, 1.807) is 6.20 Å². The van der Waals surface area contributed by atoms with Gasteiger partial charge < -0.3 is 10.5 Å². The minimum Gasteiger partial charge on any atom is -0.381 e. The van der Waals surface area contributed by atoms with E-state index in [2.05, 4.69) is 20.9 Å². The monoisotopic (exact) mass is 270 g/mol. The van der Waals surface area contributed by atoms with E-state index in [4.69, 9.17) is 10.5 Å². The first-order valence-electron chi connectivity index (χ1n) is 5.22. The summed E-state index contributed by atoms with van der Waals surface area (Å²) in [5.74, 6) is 0.507. The number of halogens is 1. The van der Waals surface area contributed by atoms with Crippen LogP contribution >= 0.6 is 15.9 Å². The number of rotatable bonds is 2. The van der Waals surface area contributed by atoms with Crippen molar-refractivity contribution >= 4 is 15.9 Å². The van der Waals surface area contributed by atoms with Crippen LogP contribution < -0.4 is 5.73 Å². The molecule has 2 rings (SSSR count). The number of hydrogen-bond donors (Lipinski definition) is 1. The van der Waals surface area contributed by atoms with Crippen LogP contribution in [0.25, 0.3) is 0 Å². The molecule has 0 aliphatic carbocycles. The summed E-state index contributed by atoms with van der Waals surface area (Å²) in [5.41, 5.74) is 7.16. The number of nitrogens with zero attached hydrogens (tertiary/aromatic N) is 1. The molecular formula is C11H15BrN2O. The van der Waals surface area contributed by atoms with E-state index < -0.39 is 0 Å². The molecule has 1 aromatic rings. The molecule has 3 nitrogen and oxygen atoms in total. The van der Waals surface area contributed by atoms with E-state index in [1.165, 1.54) is 0 Å². The molecular weight excluding hydrogens is 256 g/mol. The van der Waals surface area contributed by atoms with Gasteiger partial charge in [0.15, 0.2) is 0 Å². The Balaban J connectivity index is 2.05. The Labute approximate surface area is 98.2 Å². The third-order valence-electron chi connectivity index (χ3n) is 2.87. The maximum Gasteiger partial charge on any atom is 0.0574 e. The van der Waals surface area contributed by atoms with Gasteiger partial charge in [-0.3, -0.25) is 4.98 Å². The standard InChI is InChI=1S/C11H15BrN2O/c12-9-1-2-10(14-7-9)11(13)8-3-5-15-6-4-8/h1-2,7-8,11H,3-6,13H2. The molecule has 1 aliphatic rings. The zero-order chi connectivity index (χ0) is 10.7. The molecule has 4 heteroatoms. The van der Waals surface area contributed by atoms with Gasteiger partial charge in [-0.05, 0) is 46.8 Å². The summed E-state index contributed by atoms with van der Waals surface area (Å²) in [7, 11) is 0. The average Bonchev–Trinajstić information content (AvgIpc) is 2.30. The summed E-state index contributed by atoms with van der Waals surface area (Å²) in [5, 5.41) is 0. The zero-order valence-corrected chi connectivity index (χ0v) is 10.1. The first-order chi connectivity index (χ1) is 7.27. The minimum atomic E-state index is 0.0435. The molecule has 0 saturated carbocycles. The Hall–Kier alpha value is -0.450. The predicted molar refractivity (Wildman–Crippen MR) is 62.4 cm³/mol. The minimum absolute atomic E-state index is 0.0435. The van der Waals surface area contributed by atoms with Gasteiger partial charge in [0.25, 0.3) is 0 Å². The van der Waals surface area contributed by atoms with Crippen LogP contribution in [0.4, 0.5) is 0 Å². The summed E-state index contributed by atoms with van der Waals surface area (Å²) >= 11 is 3.37. The van der Waals surface area contributed by atoms with Gasteiger partial charge in [0.05, 0.1) is 5.69 Å². The number of pyridine rings is 1. The van der Waals surface area contributed by atoms with Gasteiger partial charge in [-0.15, -0.1) is 0 Å². The molecule has 0 spiro atoms. The summed E-state index contributed by atoms with van der Waals surface area (Å²) in [6, 6.07) is 4.02. The van der Waals surface area contributed by atoms with Gasteiger partial charge in [0.1, 0.15) is 0 Å². The van der Waals surface area contributed by atoms with E-state index in [0.717, 1.165) is 36.2 Å². The predicted octanol–water partition coefficient (Wildman–Crippen LogP) is 2.27. The van der Waals surface area contributed by atoms with Crippen molar-refractivity contribution in [2.45, 2.75) is 18.9 Å². The topological polar surface area (TPSA) is 48.1 Å². The van der Waals surface area contributed by atoms with Crippen molar-refractivity contribution in [1.82, 2.24) is 4.98 Å². The summed E-state index contributed by atoms with van der Waals surface area (Å²) < 4.78 is 6.31. The summed E-state index contributed by atoms with van der Waals surface area (Å²) in [6.45, 7) is 1.66. The lowest BCUT2D eigenvalue weighted by Gasteiger charge is -2.27. The SMILES string of the molecule is NC(c1ccc(Br)cn1)C1CCOCC1. The molecule has 0 radical (unpaired) electrons. The van der Waals surface area contributed by atoms with Crippen LogP contribution in [-0.2, 0) is 4.74 Å². The largest absolute Gasteiger partial charge is 0.381 e. The molecule has 0 aromatic carbocycles. The smallest absolute Gasteiger partial charge is 0.0574 e. The van der Waals surface area contributed by atoms with E-state index in [9.17, 15) is 0 Å². The Kier molecular flexibility index (Phi) is 3.72. The van der Waals surface area contributed by atoms with Crippen molar-refractivity contribution in [3.8, 4) is 0 Å². The van der Waals surface area contributed by atoms with Gasteiger partial charge in [-0.2, -0.15) is 0 Å². The molecule has 2 heterocycles. The maximum absolute atomic E-state index is 6.19. The molecule has 1 saturated heterocycles. The highest BCUT2D eigenvalue weighted by molar-refractivity contribution is 9.10. The highest BCUT2D eigenvalue weighted by atomic mass is 79.9. The second-order valence-corrected chi connectivity index (χ2v) is 4.79. The fourth-order valence-electron chi connectivity index (χ4n) is 1.90. The van der Waals surface area contributed by atoms with Crippen molar-refractivity contribution in [3.63, 3.8) is 0 Å². The maximum atomic E-state index is 6.19. The van der Waals surface area contributed by atoms with Crippen LogP contribution in [0.3, 0.4) is 0 Å². The Morgan fingerprint density at radius 2 is 2.13 bits per heavy atom. The highest BCUT2D eigenvalue weighted by Crippen LogP contribution is 2.27. The Morgan fingerprint density at radius 3 is 2.73 bits per heavy atom. The molecule has 1 aromatic heterocycles. The molecule has 1 aliphatic heterocycles. The van der Waals surface area contributed by atoms with Crippen molar-refractivity contribution in [1.29, 1.82) is 0 Å². The van der Waals surface area contributed by atoms with Gasteiger partial charge >= 0.3 is 0 Å². The average molecular weight is 271 g/mol. The van der Waals surface area contributed by atoms with Crippen LogP contribution in [0.15, 0.2) is 22.8 Å². The van der Waals surface area contributed by atoms with E-state index in [-0.39, 0.29) is 6.04 Å². The fourth-order valence-corrected chi connectivity index (χ4v) is 2.14. The summed E-state index contributed by atoms with van der Waals surface area (Å²) in [4.78, 5) is 4.34. The molecule has 0 bridgehead atoms. The number of ether oxygens (including phenoxy) is 1. The van der Waals surface area contributed by atoms with E-state index >= 15 is 0 Å². The molecule has 0 amide bonds. The quantitative estimate of drug-likeness (QED) is 0.897. The molecule has 1 unspecified atom stereocenters. The van der Waals surface area contributed by atoms with Crippen molar-refractivity contribution in [2.24, 2.45) is 11.7 Å². The van der Waals surface area contributed by atoms with Gasteiger partial charge in [0, 0.05) is 29.9 Å². The van der Waals surface area contributed by atoms with Gasteiger partial charge in [-0.25, -0.2) is 0 Å². The molecule has 15 heavy (non-hydrogen) atoms. The van der Waals surface area contributed by atoms with Crippen LogP contribution in [0.2, 0.25) is 0 Å². The third kappa shape index (κ3) is 2.77. The molecule has 82 valence electrons. The Bertz CT molecular complexity index is 309. The molecule has 2 N–H and O–H groups in total. The Morgan fingerprint density at radius 1 is 1.40 bits per heavy atom. The van der Waals surface area contributed by atoms with Crippen molar-refractivity contribution in [2.75, 3.05) is 13.2 Å². The highest BCUT2D eigenvalue weighted by Gasteiger charge is 2.22. The van der Waals surface area contributed by atoms with E-state index in [1.807, 2.05) is 12.1 Å². The number of aromatic nitrogens is 1. The van der Waals surface area contributed by atoms with Crippen LogP contribution in [0.1, 0.15) is 24.6 Å². The van der Waals surface area contributed by atoms with Gasteiger partial charge in [-0.1, -0.05) is 0 Å². The second kappa shape index (κ2) is 5.05. The van der Waals surface area contributed by atoms with Crippen LogP contribution in [-0.4, -0.2) is 18.2 Å². The first kappa shape index (κ1) is 11.0. The van der Waals surface area contributed by atoms with Crippen molar-refractivity contribution < 1.29 is 4.74 Å². The van der Waals surface area contributed by atoms with Gasteiger partial charge in [0.2, 0.25) is 0 Å². The lowest BCUT2D eigenvalue weighted by Crippen LogP contribution is -2.28. The zero-order valence-electron chi connectivity index (χ0n) is 8.53. The lowest BCUT2D eigenvalue weighted by molar-refractivity contribution is 0.0579. The normalized spacial score (nSPS) is 20.1. The third-order valence-corrected chi connectivity index (χ3v) is 3.33. The van der Waals surface area contributed by atoms with E-state index in [0.29, 0.717) is 5.92 Å². The van der Waals surface area contributed by atoms with Crippen molar-refractivity contribution in [3.05, 3.63) is 28.5 Å².